The van der Waals surface area contributed by atoms with Crippen LogP contribution < -0.4 is 20.1 Å². The van der Waals surface area contributed by atoms with Crippen molar-refractivity contribution in [3.8, 4) is 11.5 Å². The van der Waals surface area contributed by atoms with E-state index in [0.717, 1.165) is 44.1 Å². The number of aliphatic hydroxyl groups excluding tert-OH is 1. The van der Waals surface area contributed by atoms with Crippen molar-refractivity contribution < 1.29 is 28.2 Å². The maximum atomic E-state index is 13.4. The van der Waals surface area contributed by atoms with Crippen LogP contribution in [0.1, 0.15) is 18.5 Å². The van der Waals surface area contributed by atoms with Crippen molar-refractivity contribution in [1.82, 2.24) is 25.1 Å². The van der Waals surface area contributed by atoms with Crippen LogP contribution in [0.15, 0.2) is 42.7 Å². The molecule has 0 aliphatic carbocycles. The van der Waals surface area contributed by atoms with Crippen molar-refractivity contribution in [2.24, 2.45) is 0 Å². The molecule has 5 rings (SSSR count). The number of carbonyl (C=O) groups is 1. The maximum absolute atomic E-state index is 13.4. The molecule has 2 aromatic carbocycles. The molecule has 0 radical (unpaired) electrons. The van der Waals surface area contributed by atoms with E-state index in [4.69, 9.17) is 9.47 Å². The number of nitrogens with one attached hydrogen (secondary N) is 3. The number of hydrogen-bond donors (Lipinski definition) is 4. The summed E-state index contributed by atoms with van der Waals surface area (Å²) in [7, 11) is 1.56. The first-order valence-electron chi connectivity index (χ1n) is 12.8. The minimum Gasteiger partial charge on any atom is -0.493 e. The zero-order valence-corrected chi connectivity index (χ0v) is 21.8. The monoisotopic (exact) mass is 553 g/mol. The number of amides is 1. The standard InChI is InChI=1S/C27H29F2N7O4/c1-39-23-12-21-22(13-24(23)40-6-2-4-36-5-3-20(37)14-36)30-15-31-27(21)33-25-10-19(34-35-25)11-26(38)32-18-8-16(28)7-17(29)9-18/h7-10,12-13,15,20,37H,2-6,11,14H2,1H3,(H,32,38)(H2,30,31,33,34,35)/t20-/m1/s1. The lowest BCUT2D eigenvalue weighted by atomic mass is 10.2. The van der Waals surface area contributed by atoms with Gasteiger partial charge in [0.1, 0.15) is 23.8 Å². The summed E-state index contributed by atoms with van der Waals surface area (Å²) in [6.07, 6.45) is 2.70. The molecule has 40 heavy (non-hydrogen) atoms. The van der Waals surface area contributed by atoms with Crippen molar-refractivity contribution in [2.75, 3.05) is 44.0 Å². The molecule has 1 amide bonds. The van der Waals surface area contributed by atoms with E-state index in [2.05, 4.69) is 35.7 Å². The van der Waals surface area contributed by atoms with Gasteiger partial charge in [-0.1, -0.05) is 0 Å². The van der Waals surface area contributed by atoms with Gasteiger partial charge in [-0.05, 0) is 31.0 Å². The van der Waals surface area contributed by atoms with E-state index in [-0.39, 0.29) is 18.2 Å². The van der Waals surface area contributed by atoms with Crippen LogP contribution in [0.5, 0.6) is 11.5 Å². The van der Waals surface area contributed by atoms with Crippen LogP contribution in [0.4, 0.5) is 26.1 Å². The summed E-state index contributed by atoms with van der Waals surface area (Å²) < 4.78 is 38.3. The van der Waals surface area contributed by atoms with Crippen molar-refractivity contribution in [3.63, 3.8) is 0 Å². The topological polar surface area (TPSA) is 138 Å². The van der Waals surface area contributed by atoms with Gasteiger partial charge in [-0.15, -0.1) is 0 Å². The molecular weight excluding hydrogens is 524 g/mol. The van der Waals surface area contributed by atoms with E-state index >= 15 is 0 Å². The predicted molar refractivity (Wildman–Crippen MR) is 144 cm³/mol. The summed E-state index contributed by atoms with van der Waals surface area (Å²) in [5.41, 5.74) is 1.14. The molecule has 1 fully saturated rings. The lowest BCUT2D eigenvalue weighted by Crippen LogP contribution is -2.24. The number of hydrogen-bond acceptors (Lipinski definition) is 9. The van der Waals surface area contributed by atoms with Gasteiger partial charge < -0.3 is 30.1 Å². The van der Waals surface area contributed by atoms with Gasteiger partial charge >= 0.3 is 0 Å². The molecule has 4 N–H and O–H groups in total. The number of ether oxygens (including phenoxy) is 2. The molecular formula is C27H29F2N7O4. The number of aromatic amines is 1. The first-order chi connectivity index (χ1) is 19.4. The van der Waals surface area contributed by atoms with Crippen molar-refractivity contribution in [2.45, 2.75) is 25.4 Å². The number of β-amino-alcohol motifs (C(OH)–C–C–N with tert-alkyl or cyclic N) is 1. The first-order valence-corrected chi connectivity index (χ1v) is 12.8. The van der Waals surface area contributed by atoms with Crippen LogP contribution in [-0.2, 0) is 11.2 Å². The molecule has 11 nitrogen and oxygen atoms in total. The minimum atomic E-state index is -0.783. The van der Waals surface area contributed by atoms with E-state index in [0.29, 0.717) is 52.9 Å². The Hall–Kier alpha value is -4.36. The van der Waals surface area contributed by atoms with Gasteiger partial charge in [-0.3, -0.25) is 9.89 Å². The number of aliphatic hydroxyl groups is 1. The van der Waals surface area contributed by atoms with Crippen molar-refractivity contribution >= 4 is 34.1 Å². The average Bonchev–Trinajstić information content (AvgIpc) is 3.53. The number of anilines is 3. The number of rotatable bonds is 11. The molecule has 3 heterocycles. The summed E-state index contributed by atoms with van der Waals surface area (Å²) in [5, 5.41) is 22.9. The Labute approximate surface area is 228 Å². The first kappa shape index (κ1) is 27.2. The third-order valence-corrected chi connectivity index (χ3v) is 6.42. The van der Waals surface area contributed by atoms with Crippen LogP contribution in [0, 0.1) is 11.6 Å². The van der Waals surface area contributed by atoms with E-state index in [1.165, 1.54) is 6.33 Å². The number of likely N-dealkylation sites (tertiary alicyclic amines) is 1. The Kier molecular flexibility index (Phi) is 8.31. The minimum absolute atomic E-state index is 0.0246. The Bertz CT molecular complexity index is 1480. The summed E-state index contributed by atoms with van der Waals surface area (Å²) in [6, 6.07) is 8.00. The number of methoxy groups -OCH3 is 1. The third kappa shape index (κ3) is 6.79. The zero-order valence-electron chi connectivity index (χ0n) is 21.8. The largest absolute Gasteiger partial charge is 0.493 e. The zero-order chi connectivity index (χ0) is 28.1. The van der Waals surface area contributed by atoms with Gasteiger partial charge in [0.25, 0.3) is 0 Å². The summed E-state index contributed by atoms with van der Waals surface area (Å²) in [6.45, 7) is 2.93. The van der Waals surface area contributed by atoms with E-state index < -0.39 is 17.5 Å². The van der Waals surface area contributed by atoms with Gasteiger partial charge in [0.15, 0.2) is 17.3 Å². The second-order valence-electron chi connectivity index (χ2n) is 9.47. The van der Waals surface area contributed by atoms with Gasteiger partial charge in [0.05, 0.1) is 31.8 Å². The van der Waals surface area contributed by atoms with Gasteiger partial charge in [-0.25, -0.2) is 18.7 Å². The Morgan fingerprint density at radius 2 is 1.98 bits per heavy atom. The molecule has 0 spiro atoms. The van der Waals surface area contributed by atoms with Crippen LogP contribution in [0.3, 0.4) is 0 Å². The predicted octanol–water partition coefficient (Wildman–Crippen LogP) is 3.40. The molecule has 13 heteroatoms. The summed E-state index contributed by atoms with van der Waals surface area (Å²) in [5.74, 6) is -0.0685. The highest BCUT2D eigenvalue weighted by molar-refractivity contribution is 5.93. The van der Waals surface area contributed by atoms with E-state index in [1.807, 2.05) is 0 Å². The number of carbonyl (C=O) groups excluding carboxylic acids is 1. The molecule has 210 valence electrons. The average molecular weight is 554 g/mol. The normalized spacial score (nSPS) is 15.3. The molecule has 0 unspecified atom stereocenters. The fourth-order valence-corrected chi connectivity index (χ4v) is 4.56. The highest BCUT2D eigenvalue weighted by Gasteiger charge is 2.19. The molecule has 1 aliphatic rings. The highest BCUT2D eigenvalue weighted by Crippen LogP contribution is 2.34. The van der Waals surface area contributed by atoms with Crippen molar-refractivity contribution in [3.05, 3.63) is 60.1 Å². The lowest BCUT2D eigenvalue weighted by Gasteiger charge is -2.16. The number of aromatic nitrogens is 4. The molecule has 4 aromatic rings. The van der Waals surface area contributed by atoms with Crippen LogP contribution in [-0.4, -0.2) is 75.5 Å². The van der Waals surface area contributed by atoms with Gasteiger partial charge in [0.2, 0.25) is 5.91 Å². The number of nitrogens with zero attached hydrogens (tertiary/aromatic N) is 4. The van der Waals surface area contributed by atoms with E-state index in [1.54, 1.807) is 25.3 Å². The molecule has 1 saturated heterocycles. The van der Waals surface area contributed by atoms with Crippen LogP contribution >= 0.6 is 0 Å². The highest BCUT2D eigenvalue weighted by atomic mass is 19.1. The fraction of sp³-hybridized carbons (Fsp3) is 0.333. The third-order valence-electron chi connectivity index (χ3n) is 6.42. The smallest absolute Gasteiger partial charge is 0.230 e. The molecule has 1 aliphatic heterocycles. The molecule has 0 bridgehead atoms. The molecule has 1 atom stereocenters. The van der Waals surface area contributed by atoms with Crippen LogP contribution in [0.2, 0.25) is 0 Å². The quantitative estimate of drug-likeness (QED) is 0.206. The molecule has 2 aromatic heterocycles. The summed E-state index contributed by atoms with van der Waals surface area (Å²) >= 11 is 0. The van der Waals surface area contributed by atoms with Gasteiger partial charge in [0, 0.05) is 54.6 Å². The number of H-pyrrole nitrogens is 1. The number of fused-ring (bicyclic) bond motifs is 1. The second kappa shape index (κ2) is 12.2. The second-order valence-corrected chi connectivity index (χ2v) is 9.47. The van der Waals surface area contributed by atoms with Crippen molar-refractivity contribution in [1.29, 1.82) is 0 Å². The van der Waals surface area contributed by atoms with Gasteiger partial charge in [-0.2, -0.15) is 5.10 Å². The lowest BCUT2D eigenvalue weighted by molar-refractivity contribution is -0.115. The Balaban J connectivity index is 1.22. The maximum Gasteiger partial charge on any atom is 0.230 e. The summed E-state index contributed by atoms with van der Waals surface area (Å²) in [4.78, 5) is 23.2. The Morgan fingerprint density at radius 1 is 1.15 bits per heavy atom. The SMILES string of the molecule is COc1cc2c(Nc3cc(CC(=O)Nc4cc(F)cc(F)c4)[nH]n3)ncnc2cc1OCCCN1CC[C@@H](O)C1. The molecule has 0 saturated carbocycles. The number of halogens is 2. The van der Waals surface area contributed by atoms with E-state index in [9.17, 15) is 18.7 Å². The fourth-order valence-electron chi connectivity index (χ4n) is 4.56. The Morgan fingerprint density at radius 3 is 2.73 bits per heavy atom. The van der Waals surface area contributed by atoms with Crippen LogP contribution in [0.25, 0.3) is 10.9 Å². The number of benzene rings is 2.